The molecule has 7 heteroatoms. The molecule has 0 aliphatic rings. The number of nitriles is 1. The molecular formula is C11H14ClN3O3. The SMILES string of the molecule is Cl.N#CCOc1ccc(C(=N)N)cc1OCCO. The van der Waals surface area contributed by atoms with Gasteiger partial charge in [-0.2, -0.15) is 5.26 Å². The highest BCUT2D eigenvalue weighted by molar-refractivity contribution is 5.95. The summed E-state index contributed by atoms with van der Waals surface area (Å²) in [6.07, 6.45) is 0. The molecule has 1 rings (SSSR count). The molecule has 0 heterocycles. The fourth-order valence-corrected chi connectivity index (χ4v) is 1.17. The molecule has 1 aromatic carbocycles. The fourth-order valence-electron chi connectivity index (χ4n) is 1.17. The molecule has 0 atom stereocenters. The third-order valence-corrected chi connectivity index (χ3v) is 1.90. The summed E-state index contributed by atoms with van der Waals surface area (Å²) in [5, 5.41) is 24.4. The molecule has 18 heavy (non-hydrogen) atoms. The molecule has 4 N–H and O–H groups in total. The van der Waals surface area contributed by atoms with Gasteiger partial charge in [-0.3, -0.25) is 5.41 Å². The van der Waals surface area contributed by atoms with E-state index in [1.165, 1.54) is 6.07 Å². The van der Waals surface area contributed by atoms with Gasteiger partial charge in [-0.1, -0.05) is 0 Å². The molecule has 1 aromatic rings. The first-order valence-corrected chi connectivity index (χ1v) is 4.91. The summed E-state index contributed by atoms with van der Waals surface area (Å²) in [6, 6.07) is 6.54. The zero-order valence-electron chi connectivity index (χ0n) is 9.55. The van der Waals surface area contributed by atoms with Crippen molar-refractivity contribution in [1.29, 1.82) is 10.7 Å². The number of aliphatic hydroxyl groups excluding tert-OH is 1. The maximum Gasteiger partial charge on any atom is 0.174 e. The number of nitrogen functional groups attached to an aromatic ring is 1. The number of rotatable bonds is 6. The van der Waals surface area contributed by atoms with Crippen LogP contribution < -0.4 is 15.2 Å². The molecule has 6 nitrogen and oxygen atoms in total. The molecule has 98 valence electrons. The Bertz CT molecular complexity index is 446. The van der Waals surface area contributed by atoms with Crippen molar-refractivity contribution in [3.8, 4) is 17.6 Å². The van der Waals surface area contributed by atoms with Crippen LogP contribution in [-0.2, 0) is 0 Å². The van der Waals surface area contributed by atoms with Gasteiger partial charge in [0, 0.05) is 5.56 Å². The molecule has 0 amide bonds. The molecule has 0 aliphatic carbocycles. The Kier molecular flexibility index (Phi) is 7.28. The Morgan fingerprint density at radius 2 is 2.11 bits per heavy atom. The maximum absolute atomic E-state index is 8.69. The minimum Gasteiger partial charge on any atom is -0.487 e. The summed E-state index contributed by atoms with van der Waals surface area (Å²) in [4.78, 5) is 0. The van der Waals surface area contributed by atoms with Gasteiger partial charge in [-0.05, 0) is 18.2 Å². The van der Waals surface area contributed by atoms with E-state index in [4.69, 9.17) is 31.0 Å². The van der Waals surface area contributed by atoms with Crippen molar-refractivity contribution in [3.63, 3.8) is 0 Å². The molecule has 0 unspecified atom stereocenters. The van der Waals surface area contributed by atoms with Crippen LogP contribution in [0.1, 0.15) is 5.56 Å². The van der Waals surface area contributed by atoms with Crippen LogP contribution in [0.4, 0.5) is 0 Å². The summed E-state index contributed by atoms with van der Waals surface area (Å²) in [5.74, 6) is 0.637. The van der Waals surface area contributed by atoms with Crippen LogP contribution in [0.15, 0.2) is 18.2 Å². The first kappa shape index (κ1) is 16.0. The predicted octanol–water partition coefficient (Wildman–Crippen LogP) is 0.666. The normalized spacial score (nSPS) is 8.89. The van der Waals surface area contributed by atoms with E-state index in [2.05, 4.69) is 0 Å². The van der Waals surface area contributed by atoms with Crippen molar-refractivity contribution in [1.82, 2.24) is 0 Å². The van der Waals surface area contributed by atoms with E-state index in [9.17, 15) is 0 Å². The van der Waals surface area contributed by atoms with E-state index >= 15 is 0 Å². The van der Waals surface area contributed by atoms with Crippen molar-refractivity contribution in [2.75, 3.05) is 19.8 Å². The smallest absolute Gasteiger partial charge is 0.174 e. The van der Waals surface area contributed by atoms with E-state index in [1.54, 1.807) is 12.1 Å². The largest absolute Gasteiger partial charge is 0.487 e. The minimum absolute atomic E-state index is 0. The Labute approximate surface area is 111 Å². The monoisotopic (exact) mass is 271 g/mol. The molecule has 0 aromatic heterocycles. The average molecular weight is 272 g/mol. The quantitative estimate of drug-likeness (QED) is 0.520. The van der Waals surface area contributed by atoms with E-state index in [1.807, 2.05) is 6.07 Å². The third kappa shape index (κ3) is 4.49. The number of benzene rings is 1. The lowest BCUT2D eigenvalue weighted by molar-refractivity contribution is 0.195. The van der Waals surface area contributed by atoms with Crippen molar-refractivity contribution >= 4 is 18.2 Å². The number of nitrogens with two attached hydrogens (primary N) is 1. The predicted molar refractivity (Wildman–Crippen MR) is 68.4 cm³/mol. The van der Waals surface area contributed by atoms with Gasteiger partial charge in [-0.15, -0.1) is 12.4 Å². The summed E-state index contributed by atoms with van der Waals surface area (Å²) in [5.41, 5.74) is 5.83. The molecule has 0 saturated carbocycles. The van der Waals surface area contributed by atoms with E-state index in [0.29, 0.717) is 17.1 Å². The second kappa shape index (κ2) is 8.17. The summed E-state index contributed by atoms with van der Waals surface area (Å²) in [6.45, 7) is -0.138. The average Bonchev–Trinajstić information content (AvgIpc) is 2.34. The van der Waals surface area contributed by atoms with E-state index in [0.717, 1.165) is 0 Å². The lowest BCUT2D eigenvalue weighted by Gasteiger charge is -2.11. The van der Waals surface area contributed by atoms with Gasteiger partial charge in [0.05, 0.1) is 6.61 Å². The second-order valence-electron chi connectivity index (χ2n) is 3.09. The topological polar surface area (TPSA) is 112 Å². The van der Waals surface area contributed by atoms with E-state index in [-0.39, 0.29) is 38.1 Å². The molecule has 0 fully saturated rings. The summed E-state index contributed by atoms with van der Waals surface area (Å²) >= 11 is 0. The van der Waals surface area contributed by atoms with Crippen LogP contribution in [0.5, 0.6) is 11.5 Å². The highest BCUT2D eigenvalue weighted by Crippen LogP contribution is 2.28. The lowest BCUT2D eigenvalue weighted by atomic mass is 10.2. The van der Waals surface area contributed by atoms with Crippen LogP contribution in [-0.4, -0.2) is 30.8 Å². The number of hydrogen-bond donors (Lipinski definition) is 3. The summed E-state index contributed by atoms with van der Waals surface area (Å²) < 4.78 is 10.4. The molecule has 0 radical (unpaired) electrons. The van der Waals surface area contributed by atoms with Crippen LogP contribution in [0.3, 0.4) is 0 Å². The van der Waals surface area contributed by atoms with Gasteiger partial charge in [0.2, 0.25) is 0 Å². The summed E-state index contributed by atoms with van der Waals surface area (Å²) in [7, 11) is 0. The number of aliphatic hydroxyl groups is 1. The van der Waals surface area contributed by atoms with Crippen molar-refractivity contribution in [3.05, 3.63) is 23.8 Å². The molecule has 0 aliphatic heterocycles. The standard InChI is InChI=1S/C11H13N3O3.ClH/c12-3-5-16-9-2-1-8(11(13)14)7-10(9)17-6-4-15;/h1-2,7,15H,4-6H2,(H3,13,14);1H. The van der Waals surface area contributed by atoms with E-state index < -0.39 is 0 Å². The van der Waals surface area contributed by atoms with Crippen molar-refractivity contribution in [2.45, 2.75) is 0 Å². The molecular weight excluding hydrogens is 258 g/mol. The highest BCUT2D eigenvalue weighted by Gasteiger charge is 2.08. The number of ether oxygens (including phenoxy) is 2. The van der Waals surface area contributed by atoms with Crippen molar-refractivity contribution in [2.24, 2.45) is 5.73 Å². The molecule has 0 saturated heterocycles. The molecule has 0 spiro atoms. The van der Waals surface area contributed by atoms with Gasteiger partial charge in [0.25, 0.3) is 0 Å². The number of nitrogens with one attached hydrogen (secondary N) is 1. The zero-order chi connectivity index (χ0) is 12.7. The van der Waals surface area contributed by atoms with Gasteiger partial charge < -0.3 is 20.3 Å². The Morgan fingerprint density at radius 3 is 2.67 bits per heavy atom. The van der Waals surface area contributed by atoms with Crippen LogP contribution in [0.25, 0.3) is 0 Å². The van der Waals surface area contributed by atoms with Crippen LogP contribution in [0, 0.1) is 16.7 Å². The number of amidine groups is 1. The van der Waals surface area contributed by atoms with Gasteiger partial charge >= 0.3 is 0 Å². The van der Waals surface area contributed by atoms with Gasteiger partial charge in [0.15, 0.2) is 18.1 Å². The Morgan fingerprint density at radius 1 is 1.39 bits per heavy atom. The third-order valence-electron chi connectivity index (χ3n) is 1.90. The Balaban J connectivity index is 0.00000289. The van der Waals surface area contributed by atoms with Gasteiger partial charge in [-0.25, -0.2) is 0 Å². The highest BCUT2D eigenvalue weighted by atomic mass is 35.5. The zero-order valence-corrected chi connectivity index (χ0v) is 10.4. The second-order valence-corrected chi connectivity index (χ2v) is 3.09. The first-order chi connectivity index (χ1) is 8.19. The number of hydrogen-bond acceptors (Lipinski definition) is 5. The van der Waals surface area contributed by atoms with Crippen LogP contribution >= 0.6 is 12.4 Å². The van der Waals surface area contributed by atoms with Crippen LogP contribution in [0.2, 0.25) is 0 Å². The number of halogens is 1. The Hall–Kier alpha value is -1.97. The molecule has 0 bridgehead atoms. The lowest BCUT2D eigenvalue weighted by Crippen LogP contribution is -2.12. The minimum atomic E-state index is -0.137. The van der Waals surface area contributed by atoms with Gasteiger partial charge in [0.1, 0.15) is 18.5 Å². The number of nitrogens with zero attached hydrogens (tertiary/aromatic N) is 1. The first-order valence-electron chi connectivity index (χ1n) is 4.91. The maximum atomic E-state index is 8.69. The fraction of sp³-hybridized carbons (Fsp3) is 0.273. The van der Waals surface area contributed by atoms with Crippen molar-refractivity contribution < 1.29 is 14.6 Å².